The summed E-state index contributed by atoms with van der Waals surface area (Å²) in [6.45, 7) is 9.06. The molecule has 102 valence electrons. The number of carbonyl (C=O) groups is 1. The number of rotatable bonds is 3. The fourth-order valence-electron chi connectivity index (χ4n) is 2.11. The number of likely N-dealkylation sites (tertiary alicyclic amines) is 1. The van der Waals surface area contributed by atoms with Crippen LogP contribution in [-0.2, 0) is 4.74 Å². The molecule has 4 heteroatoms. The summed E-state index contributed by atoms with van der Waals surface area (Å²) in [5.41, 5.74) is 0. The van der Waals surface area contributed by atoms with Gasteiger partial charge in [-0.2, -0.15) is 0 Å². The molecular weight excluding hydrogens is 216 g/mol. The zero-order chi connectivity index (χ0) is 13.3. The highest BCUT2D eigenvalue weighted by Gasteiger charge is 2.24. The van der Waals surface area contributed by atoms with E-state index in [1.54, 1.807) is 0 Å². The SMILES string of the molecule is CC.CCOC(=O)N1CCC[C@H](CN(C)C)C1. The van der Waals surface area contributed by atoms with Crippen LogP contribution in [0.15, 0.2) is 0 Å². The minimum atomic E-state index is -0.152. The number of hydrogen-bond acceptors (Lipinski definition) is 3. The van der Waals surface area contributed by atoms with E-state index >= 15 is 0 Å². The average molecular weight is 244 g/mol. The molecule has 1 fully saturated rings. The van der Waals surface area contributed by atoms with E-state index < -0.39 is 0 Å². The van der Waals surface area contributed by atoms with Gasteiger partial charge in [0.1, 0.15) is 0 Å². The van der Waals surface area contributed by atoms with Crippen LogP contribution in [0.5, 0.6) is 0 Å². The van der Waals surface area contributed by atoms with Gasteiger partial charge in [-0.3, -0.25) is 0 Å². The molecule has 1 aliphatic rings. The fourth-order valence-corrected chi connectivity index (χ4v) is 2.11. The van der Waals surface area contributed by atoms with Gasteiger partial charge in [-0.25, -0.2) is 4.79 Å². The van der Waals surface area contributed by atoms with Crippen LogP contribution in [0.4, 0.5) is 4.79 Å². The first-order chi connectivity index (χ1) is 8.13. The van der Waals surface area contributed by atoms with Crippen molar-refractivity contribution in [1.29, 1.82) is 0 Å². The Kier molecular flexibility index (Phi) is 8.86. The van der Waals surface area contributed by atoms with E-state index in [1.807, 2.05) is 25.7 Å². The summed E-state index contributed by atoms with van der Waals surface area (Å²) < 4.78 is 5.01. The smallest absolute Gasteiger partial charge is 0.409 e. The molecule has 4 nitrogen and oxygen atoms in total. The number of amides is 1. The lowest BCUT2D eigenvalue weighted by atomic mass is 9.98. The number of piperidine rings is 1. The van der Waals surface area contributed by atoms with E-state index in [4.69, 9.17) is 4.74 Å². The zero-order valence-corrected chi connectivity index (χ0v) is 12.0. The van der Waals surface area contributed by atoms with Crippen LogP contribution in [0.3, 0.4) is 0 Å². The Hall–Kier alpha value is -0.770. The van der Waals surface area contributed by atoms with Gasteiger partial charge in [-0.05, 0) is 39.8 Å². The Morgan fingerprint density at radius 1 is 1.41 bits per heavy atom. The molecule has 17 heavy (non-hydrogen) atoms. The lowest BCUT2D eigenvalue weighted by molar-refractivity contribution is 0.0840. The molecule has 1 amide bonds. The highest BCUT2D eigenvalue weighted by Crippen LogP contribution is 2.17. The minimum absolute atomic E-state index is 0.152. The molecule has 0 N–H and O–H groups in total. The molecule has 0 radical (unpaired) electrons. The maximum Gasteiger partial charge on any atom is 0.409 e. The highest BCUT2D eigenvalue weighted by atomic mass is 16.6. The summed E-state index contributed by atoms with van der Waals surface area (Å²) >= 11 is 0. The van der Waals surface area contributed by atoms with Gasteiger partial charge in [0.15, 0.2) is 0 Å². The fraction of sp³-hybridized carbons (Fsp3) is 0.923. The third-order valence-corrected chi connectivity index (χ3v) is 2.67. The Labute approximate surface area is 106 Å². The third kappa shape index (κ3) is 6.51. The molecule has 1 heterocycles. The molecule has 0 saturated carbocycles. The van der Waals surface area contributed by atoms with Crippen LogP contribution in [0.2, 0.25) is 0 Å². The Morgan fingerprint density at radius 2 is 2.06 bits per heavy atom. The van der Waals surface area contributed by atoms with Gasteiger partial charge >= 0.3 is 6.09 Å². The Morgan fingerprint density at radius 3 is 2.59 bits per heavy atom. The van der Waals surface area contributed by atoms with Crippen molar-refractivity contribution in [3.05, 3.63) is 0 Å². The molecule has 0 aromatic rings. The van der Waals surface area contributed by atoms with Gasteiger partial charge < -0.3 is 14.5 Å². The molecule has 1 rings (SSSR count). The van der Waals surface area contributed by atoms with Gasteiger partial charge in [0.25, 0.3) is 0 Å². The summed E-state index contributed by atoms with van der Waals surface area (Å²) in [7, 11) is 4.15. The van der Waals surface area contributed by atoms with Crippen molar-refractivity contribution in [3.63, 3.8) is 0 Å². The van der Waals surface area contributed by atoms with Crippen LogP contribution < -0.4 is 0 Å². The third-order valence-electron chi connectivity index (χ3n) is 2.67. The second-order valence-corrected chi connectivity index (χ2v) is 4.42. The maximum atomic E-state index is 11.5. The van der Waals surface area contributed by atoms with Crippen LogP contribution >= 0.6 is 0 Å². The predicted octanol–water partition coefficient (Wildman–Crippen LogP) is 2.44. The molecule has 0 spiro atoms. The van der Waals surface area contributed by atoms with Crippen LogP contribution in [-0.4, -0.2) is 56.2 Å². The number of nitrogens with zero attached hydrogens (tertiary/aromatic N) is 2. The maximum absolute atomic E-state index is 11.5. The normalized spacial score (nSPS) is 19.6. The Bertz CT molecular complexity index is 208. The molecule has 0 aliphatic carbocycles. The molecular formula is C13H28N2O2. The standard InChI is InChI=1S/C11H22N2O2.C2H6/c1-4-15-11(14)13-7-5-6-10(9-13)8-12(2)3;1-2/h10H,4-9H2,1-3H3;1-2H3/t10-;/m1./s1. The number of ether oxygens (including phenoxy) is 1. The summed E-state index contributed by atoms with van der Waals surface area (Å²) in [5.74, 6) is 0.596. The van der Waals surface area contributed by atoms with E-state index in [2.05, 4.69) is 19.0 Å². The molecule has 1 atom stereocenters. The topological polar surface area (TPSA) is 32.8 Å². The largest absolute Gasteiger partial charge is 0.450 e. The summed E-state index contributed by atoms with van der Waals surface area (Å²) in [5, 5.41) is 0. The van der Waals surface area contributed by atoms with Gasteiger partial charge in [0.2, 0.25) is 0 Å². The predicted molar refractivity (Wildman–Crippen MR) is 71.2 cm³/mol. The second-order valence-electron chi connectivity index (χ2n) is 4.42. The lowest BCUT2D eigenvalue weighted by Gasteiger charge is -2.33. The van der Waals surface area contributed by atoms with E-state index in [-0.39, 0.29) is 6.09 Å². The van der Waals surface area contributed by atoms with Gasteiger partial charge in [0.05, 0.1) is 6.61 Å². The minimum Gasteiger partial charge on any atom is -0.450 e. The van der Waals surface area contributed by atoms with Gasteiger partial charge in [-0.15, -0.1) is 0 Å². The van der Waals surface area contributed by atoms with Crippen LogP contribution in [0.25, 0.3) is 0 Å². The van der Waals surface area contributed by atoms with Gasteiger partial charge in [-0.1, -0.05) is 13.8 Å². The van der Waals surface area contributed by atoms with E-state index in [1.165, 1.54) is 6.42 Å². The second kappa shape index (κ2) is 9.28. The van der Waals surface area contributed by atoms with E-state index in [0.29, 0.717) is 12.5 Å². The molecule has 1 aliphatic heterocycles. The van der Waals surface area contributed by atoms with Crippen molar-refractivity contribution in [1.82, 2.24) is 9.80 Å². The monoisotopic (exact) mass is 244 g/mol. The number of hydrogen-bond donors (Lipinski definition) is 0. The molecule has 0 bridgehead atoms. The highest BCUT2D eigenvalue weighted by molar-refractivity contribution is 5.67. The molecule has 1 saturated heterocycles. The van der Waals surface area contributed by atoms with Crippen molar-refractivity contribution < 1.29 is 9.53 Å². The first-order valence-electron chi connectivity index (χ1n) is 6.70. The first-order valence-corrected chi connectivity index (χ1v) is 6.70. The molecule has 0 aromatic carbocycles. The molecule has 0 unspecified atom stereocenters. The lowest BCUT2D eigenvalue weighted by Crippen LogP contribution is -2.42. The Balaban J connectivity index is 0.00000121. The molecule has 0 aromatic heterocycles. The van der Waals surface area contributed by atoms with Crippen molar-refractivity contribution in [2.75, 3.05) is 40.3 Å². The summed E-state index contributed by atoms with van der Waals surface area (Å²) in [6, 6.07) is 0. The average Bonchev–Trinajstić information content (AvgIpc) is 2.31. The van der Waals surface area contributed by atoms with Crippen molar-refractivity contribution in [3.8, 4) is 0 Å². The van der Waals surface area contributed by atoms with Crippen LogP contribution in [0, 0.1) is 5.92 Å². The first kappa shape index (κ1) is 16.2. The number of carbonyl (C=O) groups excluding carboxylic acids is 1. The van der Waals surface area contributed by atoms with Crippen molar-refractivity contribution in [2.45, 2.75) is 33.6 Å². The van der Waals surface area contributed by atoms with Crippen LogP contribution in [0.1, 0.15) is 33.6 Å². The summed E-state index contributed by atoms with van der Waals surface area (Å²) in [6.07, 6.45) is 2.16. The van der Waals surface area contributed by atoms with Crippen molar-refractivity contribution in [2.24, 2.45) is 5.92 Å². The summed E-state index contributed by atoms with van der Waals surface area (Å²) in [4.78, 5) is 15.5. The zero-order valence-electron chi connectivity index (χ0n) is 12.0. The van der Waals surface area contributed by atoms with E-state index in [9.17, 15) is 4.79 Å². The van der Waals surface area contributed by atoms with Gasteiger partial charge in [0, 0.05) is 19.6 Å². The van der Waals surface area contributed by atoms with E-state index in [0.717, 1.165) is 26.1 Å². The van der Waals surface area contributed by atoms with Crippen molar-refractivity contribution >= 4 is 6.09 Å². The quantitative estimate of drug-likeness (QED) is 0.764.